The van der Waals surface area contributed by atoms with Crippen molar-refractivity contribution in [3.63, 3.8) is 0 Å². The molecule has 0 bridgehead atoms. The van der Waals surface area contributed by atoms with Gasteiger partial charge in [0.05, 0.1) is 11.3 Å². The topological polar surface area (TPSA) is 69.0 Å². The van der Waals surface area contributed by atoms with E-state index in [9.17, 15) is 13.6 Å². The van der Waals surface area contributed by atoms with Crippen LogP contribution in [0, 0.1) is 0 Å². The number of imidazole rings is 1. The molecule has 3 rings (SSSR count). The summed E-state index contributed by atoms with van der Waals surface area (Å²) in [6.07, 6.45) is 6.31. The van der Waals surface area contributed by atoms with Gasteiger partial charge < -0.3 is 10.1 Å². The number of carbonyl (C=O) groups excluding carboxylic acids is 1. The van der Waals surface area contributed by atoms with E-state index in [4.69, 9.17) is 0 Å². The Morgan fingerprint density at radius 1 is 1.21 bits per heavy atom. The molecule has 24 heavy (non-hydrogen) atoms. The van der Waals surface area contributed by atoms with E-state index in [-0.39, 0.29) is 17.0 Å². The van der Waals surface area contributed by atoms with E-state index >= 15 is 0 Å². The summed E-state index contributed by atoms with van der Waals surface area (Å²) in [5, 5.41) is 2.53. The molecule has 0 atom stereocenters. The van der Waals surface area contributed by atoms with Gasteiger partial charge in [0.15, 0.2) is 0 Å². The fourth-order valence-electron chi connectivity index (χ4n) is 2.03. The highest BCUT2D eigenvalue weighted by atomic mass is 19.3. The maximum Gasteiger partial charge on any atom is 0.387 e. The zero-order chi connectivity index (χ0) is 16.9. The number of alkyl halides is 2. The van der Waals surface area contributed by atoms with Crippen LogP contribution >= 0.6 is 0 Å². The quantitative estimate of drug-likeness (QED) is 0.780. The Kier molecular flexibility index (Phi) is 4.46. The number of ether oxygens (including phenoxy) is 1. The summed E-state index contributed by atoms with van der Waals surface area (Å²) in [5.74, 6) is 0.0133. The van der Waals surface area contributed by atoms with Crippen molar-refractivity contribution in [2.24, 2.45) is 0 Å². The lowest BCUT2D eigenvalue weighted by Gasteiger charge is -2.11. The van der Waals surface area contributed by atoms with Crippen LogP contribution in [0.15, 0.2) is 61.3 Å². The van der Waals surface area contributed by atoms with Crippen molar-refractivity contribution in [2.75, 3.05) is 5.32 Å². The summed E-state index contributed by atoms with van der Waals surface area (Å²) in [6.45, 7) is -2.97. The lowest BCUT2D eigenvalue weighted by molar-refractivity contribution is -0.0493. The molecule has 0 unspecified atom stereocenters. The van der Waals surface area contributed by atoms with Crippen molar-refractivity contribution in [1.82, 2.24) is 14.5 Å². The zero-order valence-corrected chi connectivity index (χ0v) is 12.3. The van der Waals surface area contributed by atoms with Gasteiger partial charge in [-0.15, -0.1) is 0 Å². The first-order valence-corrected chi connectivity index (χ1v) is 6.93. The fourth-order valence-corrected chi connectivity index (χ4v) is 2.03. The van der Waals surface area contributed by atoms with Crippen molar-refractivity contribution >= 4 is 11.6 Å². The summed E-state index contributed by atoms with van der Waals surface area (Å²) < 4.78 is 30.8. The van der Waals surface area contributed by atoms with E-state index in [1.807, 2.05) is 0 Å². The second-order valence-corrected chi connectivity index (χ2v) is 4.70. The Balaban J connectivity index is 1.76. The first kappa shape index (κ1) is 15.6. The summed E-state index contributed by atoms with van der Waals surface area (Å²) in [5.41, 5.74) is 0.437. The molecule has 2 aromatic heterocycles. The molecule has 2 heterocycles. The number of carbonyl (C=O) groups is 1. The normalized spacial score (nSPS) is 10.6. The van der Waals surface area contributed by atoms with Crippen LogP contribution in [0.5, 0.6) is 5.75 Å². The molecule has 0 spiro atoms. The van der Waals surface area contributed by atoms with Gasteiger partial charge in [-0.3, -0.25) is 9.36 Å². The highest BCUT2D eigenvalue weighted by Crippen LogP contribution is 2.26. The van der Waals surface area contributed by atoms with Crippen molar-refractivity contribution in [3.05, 3.63) is 66.9 Å². The van der Waals surface area contributed by atoms with Crippen LogP contribution in [0.25, 0.3) is 5.82 Å². The average molecular weight is 330 g/mol. The molecular formula is C16H12F2N4O2. The Labute approximate surface area is 135 Å². The fraction of sp³-hybridized carbons (Fsp3) is 0.0625. The Hall–Kier alpha value is -3.29. The molecule has 1 N–H and O–H groups in total. The molecule has 0 aliphatic heterocycles. The number of pyridine rings is 1. The van der Waals surface area contributed by atoms with Gasteiger partial charge in [-0.25, -0.2) is 9.97 Å². The average Bonchev–Trinajstić information content (AvgIpc) is 3.11. The number of amides is 1. The van der Waals surface area contributed by atoms with Gasteiger partial charge in [0, 0.05) is 18.6 Å². The monoisotopic (exact) mass is 330 g/mol. The predicted octanol–water partition coefficient (Wildman–Crippen LogP) is 3.12. The third-order valence-electron chi connectivity index (χ3n) is 3.13. The van der Waals surface area contributed by atoms with Gasteiger partial charge in [0.2, 0.25) is 0 Å². The summed E-state index contributed by atoms with van der Waals surface area (Å²) in [6, 6.07) is 9.20. The largest absolute Gasteiger partial charge is 0.433 e. The van der Waals surface area contributed by atoms with E-state index in [1.54, 1.807) is 41.5 Å². The van der Waals surface area contributed by atoms with Crippen molar-refractivity contribution in [3.8, 4) is 11.6 Å². The van der Waals surface area contributed by atoms with Crippen molar-refractivity contribution < 1.29 is 18.3 Å². The highest BCUT2D eigenvalue weighted by molar-refractivity contribution is 6.04. The maximum absolute atomic E-state index is 12.4. The smallest absolute Gasteiger partial charge is 0.387 e. The summed E-state index contributed by atoms with van der Waals surface area (Å²) >= 11 is 0. The molecule has 122 valence electrons. The number of benzene rings is 1. The van der Waals surface area contributed by atoms with E-state index in [0.717, 1.165) is 0 Å². The van der Waals surface area contributed by atoms with Crippen molar-refractivity contribution in [2.45, 2.75) is 6.61 Å². The third kappa shape index (κ3) is 3.54. The minimum atomic E-state index is -2.97. The highest BCUT2D eigenvalue weighted by Gasteiger charge is 2.13. The number of hydrogen-bond acceptors (Lipinski definition) is 4. The molecule has 0 fully saturated rings. The molecule has 0 saturated carbocycles. The number of aromatic nitrogens is 3. The molecule has 6 nitrogen and oxygen atoms in total. The number of halogens is 2. The van der Waals surface area contributed by atoms with E-state index in [0.29, 0.717) is 5.82 Å². The van der Waals surface area contributed by atoms with Crippen LogP contribution in [0.4, 0.5) is 14.5 Å². The van der Waals surface area contributed by atoms with Crippen LogP contribution in [-0.4, -0.2) is 27.1 Å². The number of para-hydroxylation sites is 2. The van der Waals surface area contributed by atoms with Crippen LogP contribution < -0.4 is 10.1 Å². The molecule has 0 aliphatic carbocycles. The van der Waals surface area contributed by atoms with Gasteiger partial charge in [0.25, 0.3) is 5.91 Å². The van der Waals surface area contributed by atoms with Gasteiger partial charge in [-0.1, -0.05) is 12.1 Å². The van der Waals surface area contributed by atoms with Gasteiger partial charge >= 0.3 is 6.61 Å². The number of anilines is 1. The van der Waals surface area contributed by atoms with Crippen molar-refractivity contribution in [1.29, 1.82) is 0 Å². The lowest BCUT2D eigenvalue weighted by Crippen LogP contribution is -2.14. The molecule has 0 aliphatic rings. The molecular weight excluding hydrogens is 318 g/mol. The van der Waals surface area contributed by atoms with Crippen LogP contribution in [0.3, 0.4) is 0 Å². The number of nitrogens with one attached hydrogen (secondary N) is 1. The molecule has 3 aromatic rings. The molecule has 8 heteroatoms. The molecule has 0 radical (unpaired) electrons. The number of nitrogens with zero attached hydrogens (tertiary/aromatic N) is 3. The second-order valence-electron chi connectivity index (χ2n) is 4.70. The first-order chi connectivity index (χ1) is 11.6. The molecule has 1 amide bonds. The van der Waals surface area contributed by atoms with E-state index < -0.39 is 12.5 Å². The Morgan fingerprint density at radius 2 is 2.04 bits per heavy atom. The standard InChI is InChI=1S/C16H12F2N4O2/c17-16(18)24-13-4-2-1-3-12(13)21-15(23)11-5-6-14(20-9-11)22-8-7-19-10-22/h1-10,16H,(H,21,23). The van der Waals surface area contributed by atoms with E-state index in [2.05, 4.69) is 20.0 Å². The van der Waals surface area contributed by atoms with Gasteiger partial charge in [0.1, 0.15) is 17.9 Å². The Morgan fingerprint density at radius 3 is 2.71 bits per heavy atom. The molecule has 0 saturated heterocycles. The first-order valence-electron chi connectivity index (χ1n) is 6.93. The number of hydrogen-bond donors (Lipinski definition) is 1. The van der Waals surface area contributed by atoms with Crippen LogP contribution in [-0.2, 0) is 0 Å². The molecule has 1 aromatic carbocycles. The van der Waals surface area contributed by atoms with Gasteiger partial charge in [-0.2, -0.15) is 8.78 Å². The second kappa shape index (κ2) is 6.86. The summed E-state index contributed by atoms with van der Waals surface area (Å²) in [4.78, 5) is 20.3. The predicted molar refractivity (Wildman–Crippen MR) is 82.4 cm³/mol. The lowest BCUT2D eigenvalue weighted by atomic mass is 10.2. The minimum Gasteiger partial charge on any atom is -0.433 e. The minimum absolute atomic E-state index is 0.108. The van der Waals surface area contributed by atoms with Crippen LogP contribution in [0.1, 0.15) is 10.4 Å². The van der Waals surface area contributed by atoms with E-state index in [1.165, 1.54) is 24.4 Å². The van der Waals surface area contributed by atoms with Crippen LogP contribution in [0.2, 0.25) is 0 Å². The number of rotatable bonds is 5. The maximum atomic E-state index is 12.4. The third-order valence-corrected chi connectivity index (χ3v) is 3.13. The summed E-state index contributed by atoms with van der Waals surface area (Å²) in [7, 11) is 0. The Bertz CT molecular complexity index is 820. The van der Waals surface area contributed by atoms with Gasteiger partial charge in [-0.05, 0) is 24.3 Å². The zero-order valence-electron chi connectivity index (χ0n) is 12.3. The SMILES string of the molecule is O=C(Nc1ccccc1OC(F)F)c1ccc(-n2ccnc2)nc1.